The van der Waals surface area contributed by atoms with Crippen LogP contribution in [0.15, 0.2) is 55.0 Å². The summed E-state index contributed by atoms with van der Waals surface area (Å²) in [5, 5.41) is 12.2. The Morgan fingerprint density at radius 3 is 2.81 bits per heavy atom. The Kier molecular flexibility index (Phi) is 4.50. The van der Waals surface area contributed by atoms with Gasteiger partial charge in [-0.05, 0) is 48.6 Å². The van der Waals surface area contributed by atoms with Crippen LogP contribution in [0.1, 0.15) is 48.1 Å². The minimum Gasteiger partial charge on any atom is -0.497 e. The number of aromatic nitrogens is 5. The molecule has 8 nitrogen and oxygen atoms in total. The fraction of sp³-hybridized carbons (Fsp3) is 0.304. The van der Waals surface area contributed by atoms with E-state index in [4.69, 9.17) is 4.74 Å². The number of methoxy groups -OCH3 is 1. The third kappa shape index (κ3) is 3.54. The maximum atomic E-state index is 13.0. The first-order chi connectivity index (χ1) is 14.9. The SMILES string of the molecule is COc1ccc(-n2ncc3c2CC(C)(C)C[C@H]3NC(=O)c2cc3ncccn3n2)cc1. The molecule has 0 bridgehead atoms. The van der Waals surface area contributed by atoms with Crippen LogP contribution in [0, 0.1) is 5.41 Å². The summed E-state index contributed by atoms with van der Waals surface area (Å²) in [5.41, 5.74) is 4.14. The van der Waals surface area contributed by atoms with E-state index in [9.17, 15) is 4.79 Å². The maximum absolute atomic E-state index is 13.0. The summed E-state index contributed by atoms with van der Waals surface area (Å²) in [6.45, 7) is 4.44. The van der Waals surface area contributed by atoms with E-state index >= 15 is 0 Å². The zero-order chi connectivity index (χ0) is 21.6. The summed E-state index contributed by atoms with van der Waals surface area (Å²) in [5.74, 6) is 0.591. The molecule has 1 N–H and O–H groups in total. The molecule has 0 radical (unpaired) electrons. The van der Waals surface area contributed by atoms with E-state index < -0.39 is 0 Å². The molecule has 1 aromatic carbocycles. The summed E-state index contributed by atoms with van der Waals surface area (Å²) >= 11 is 0. The molecule has 1 amide bonds. The predicted octanol–water partition coefficient (Wildman–Crippen LogP) is 3.37. The normalized spacial score (nSPS) is 17.3. The number of hydrogen-bond acceptors (Lipinski definition) is 5. The first kappa shape index (κ1) is 19.3. The highest BCUT2D eigenvalue weighted by Crippen LogP contribution is 2.41. The zero-order valence-corrected chi connectivity index (χ0v) is 17.7. The molecule has 5 rings (SSSR count). The minimum absolute atomic E-state index is 0.00959. The lowest BCUT2D eigenvalue weighted by molar-refractivity contribution is 0.0914. The lowest BCUT2D eigenvalue weighted by Gasteiger charge is -2.35. The Morgan fingerprint density at radius 2 is 2.06 bits per heavy atom. The van der Waals surface area contributed by atoms with Crippen LogP contribution in [0.5, 0.6) is 5.75 Å². The standard InChI is InChI=1S/C23H24N6O2/c1-23(2)12-19(26-22(30)18-11-21-24-9-4-10-28(21)27-18)17-14-25-29(20(17)13-23)15-5-7-16(31-3)8-6-15/h4-11,14,19H,12-13H2,1-3H3,(H,26,30)/t19-/m1/s1. The van der Waals surface area contributed by atoms with Crippen molar-refractivity contribution in [2.75, 3.05) is 7.11 Å². The number of carbonyl (C=O) groups is 1. The van der Waals surface area contributed by atoms with Crippen molar-refractivity contribution < 1.29 is 9.53 Å². The van der Waals surface area contributed by atoms with Crippen molar-refractivity contribution >= 4 is 11.6 Å². The van der Waals surface area contributed by atoms with Crippen molar-refractivity contribution in [2.24, 2.45) is 5.41 Å². The molecule has 0 unspecified atom stereocenters. The fourth-order valence-electron chi connectivity index (χ4n) is 4.29. The molecule has 3 heterocycles. The molecular weight excluding hydrogens is 392 g/mol. The summed E-state index contributed by atoms with van der Waals surface area (Å²) in [7, 11) is 1.65. The van der Waals surface area contributed by atoms with Crippen LogP contribution in [0.2, 0.25) is 0 Å². The van der Waals surface area contributed by atoms with Crippen molar-refractivity contribution in [3.8, 4) is 11.4 Å². The van der Waals surface area contributed by atoms with Crippen LogP contribution >= 0.6 is 0 Å². The van der Waals surface area contributed by atoms with Crippen LogP contribution in [-0.2, 0) is 6.42 Å². The van der Waals surface area contributed by atoms with Crippen LogP contribution in [0.25, 0.3) is 11.3 Å². The van der Waals surface area contributed by atoms with Crippen LogP contribution in [0.3, 0.4) is 0 Å². The maximum Gasteiger partial charge on any atom is 0.272 e. The lowest BCUT2D eigenvalue weighted by atomic mass is 9.74. The molecular formula is C23H24N6O2. The summed E-state index contributed by atoms with van der Waals surface area (Å²) in [4.78, 5) is 17.2. The summed E-state index contributed by atoms with van der Waals surface area (Å²) in [6, 6.07) is 11.2. The molecule has 1 aliphatic rings. The van der Waals surface area contributed by atoms with Gasteiger partial charge in [-0.1, -0.05) is 13.8 Å². The van der Waals surface area contributed by atoms with E-state index in [1.165, 1.54) is 0 Å². The number of fused-ring (bicyclic) bond motifs is 2. The third-order valence-corrected chi connectivity index (χ3v) is 5.77. The van der Waals surface area contributed by atoms with Crippen LogP contribution < -0.4 is 10.1 Å². The van der Waals surface area contributed by atoms with Crippen LogP contribution in [0.4, 0.5) is 0 Å². The van der Waals surface area contributed by atoms with Gasteiger partial charge in [0.15, 0.2) is 11.3 Å². The molecule has 158 valence electrons. The largest absolute Gasteiger partial charge is 0.497 e. The topological polar surface area (TPSA) is 86.3 Å². The second-order valence-corrected chi connectivity index (χ2v) is 8.68. The van der Waals surface area contributed by atoms with Gasteiger partial charge >= 0.3 is 0 Å². The quantitative estimate of drug-likeness (QED) is 0.551. The summed E-state index contributed by atoms with van der Waals surface area (Å²) < 4.78 is 8.83. The number of carbonyl (C=O) groups excluding carboxylic acids is 1. The summed E-state index contributed by atoms with van der Waals surface area (Å²) in [6.07, 6.45) is 7.03. The van der Waals surface area contributed by atoms with E-state index in [1.807, 2.05) is 35.1 Å². The van der Waals surface area contributed by atoms with Gasteiger partial charge in [-0.3, -0.25) is 4.79 Å². The van der Waals surface area contributed by atoms with Gasteiger partial charge in [0.1, 0.15) is 5.75 Å². The molecule has 0 saturated heterocycles. The average Bonchev–Trinajstić information content (AvgIpc) is 3.37. The van der Waals surface area contributed by atoms with Crippen molar-refractivity contribution in [3.63, 3.8) is 0 Å². The minimum atomic E-state index is -0.212. The average molecular weight is 416 g/mol. The van der Waals surface area contributed by atoms with E-state index in [0.29, 0.717) is 11.3 Å². The Morgan fingerprint density at radius 1 is 1.26 bits per heavy atom. The smallest absolute Gasteiger partial charge is 0.272 e. The number of ether oxygens (including phenoxy) is 1. The molecule has 1 atom stereocenters. The van der Waals surface area contributed by atoms with Gasteiger partial charge < -0.3 is 10.1 Å². The van der Waals surface area contributed by atoms with Gasteiger partial charge in [0.2, 0.25) is 0 Å². The third-order valence-electron chi connectivity index (χ3n) is 5.77. The van der Waals surface area contributed by atoms with Gasteiger partial charge in [0, 0.05) is 24.0 Å². The van der Waals surface area contributed by atoms with Crippen molar-refractivity contribution in [3.05, 3.63) is 71.9 Å². The Hall–Kier alpha value is -3.68. The molecule has 0 saturated carbocycles. The fourth-order valence-corrected chi connectivity index (χ4v) is 4.29. The Labute approximate surface area is 179 Å². The number of hydrogen-bond donors (Lipinski definition) is 1. The highest BCUT2D eigenvalue weighted by Gasteiger charge is 2.36. The van der Waals surface area contributed by atoms with Gasteiger partial charge in [-0.2, -0.15) is 10.2 Å². The van der Waals surface area contributed by atoms with Crippen LogP contribution in [-0.4, -0.2) is 37.4 Å². The molecule has 0 spiro atoms. The van der Waals surface area contributed by atoms with Crippen molar-refractivity contribution in [1.29, 1.82) is 0 Å². The molecule has 0 fully saturated rings. The van der Waals surface area contributed by atoms with Crippen molar-refractivity contribution in [2.45, 2.75) is 32.7 Å². The van der Waals surface area contributed by atoms with Gasteiger partial charge in [0.25, 0.3) is 5.91 Å². The molecule has 8 heteroatoms. The Bertz CT molecular complexity index is 1220. The number of nitrogens with zero attached hydrogens (tertiary/aromatic N) is 5. The van der Waals surface area contributed by atoms with E-state index in [1.54, 1.807) is 36.2 Å². The van der Waals surface area contributed by atoms with E-state index in [-0.39, 0.29) is 17.4 Å². The number of nitrogens with one attached hydrogen (secondary N) is 1. The molecule has 31 heavy (non-hydrogen) atoms. The number of benzene rings is 1. The molecule has 1 aliphatic carbocycles. The van der Waals surface area contributed by atoms with E-state index in [0.717, 1.165) is 35.5 Å². The highest BCUT2D eigenvalue weighted by atomic mass is 16.5. The monoisotopic (exact) mass is 416 g/mol. The Balaban J connectivity index is 1.46. The first-order valence-electron chi connectivity index (χ1n) is 10.3. The lowest BCUT2D eigenvalue weighted by Crippen LogP contribution is -2.37. The van der Waals surface area contributed by atoms with Crippen molar-refractivity contribution in [1.82, 2.24) is 29.7 Å². The van der Waals surface area contributed by atoms with Gasteiger partial charge in [-0.15, -0.1) is 0 Å². The molecule has 3 aromatic heterocycles. The molecule has 4 aromatic rings. The second kappa shape index (κ2) is 7.23. The molecule has 0 aliphatic heterocycles. The number of rotatable bonds is 4. The number of amides is 1. The highest BCUT2D eigenvalue weighted by molar-refractivity contribution is 5.93. The van der Waals surface area contributed by atoms with Gasteiger partial charge in [-0.25, -0.2) is 14.2 Å². The first-order valence-corrected chi connectivity index (χ1v) is 10.3. The second-order valence-electron chi connectivity index (χ2n) is 8.68. The van der Waals surface area contributed by atoms with E-state index in [2.05, 4.69) is 34.3 Å². The zero-order valence-electron chi connectivity index (χ0n) is 17.7. The van der Waals surface area contributed by atoms with Gasteiger partial charge in [0.05, 0.1) is 30.7 Å². The predicted molar refractivity (Wildman–Crippen MR) is 115 cm³/mol.